The van der Waals surface area contributed by atoms with Crippen LogP contribution in [0.1, 0.15) is 38.1 Å². The molecule has 1 saturated carbocycles. The maximum atomic E-state index is 13.4. The van der Waals surface area contributed by atoms with Crippen LogP contribution < -0.4 is 10.9 Å². The Morgan fingerprint density at radius 2 is 1.97 bits per heavy atom. The van der Waals surface area contributed by atoms with Crippen molar-refractivity contribution in [3.63, 3.8) is 0 Å². The van der Waals surface area contributed by atoms with Gasteiger partial charge in [-0.05, 0) is 62.3 Å². The smallest absolute Gasteiger partial charge is 0.252 e. The number of ether oxygens (including phenoxy) is 1. The molecule has 3 aromatic rings. The summed E-state index contributed by atoms with van der Waals surface area (Å²) in [4.78, 5) is 30.8. The molecule has 34 heavy (non-hydrogen) atoms. The highest BCUT2D eigenvalue weighted by Crippen LogP contribution is 2.34. The van der Waals surface area contributed by atoms with Gasteiger partial charge < -0.3 is 19.7 Å². The molecular weight excluding hydrogens is 478 g/mol. The van der Waals surface area contributed by atoms with Crippen LogP contribution in [0.2, 0.25) is 0 Å². The molecule has 0 bridgehead atoms. The van der Waals surface area contributed by atoms with E-state index >= 15 is 0 Å². The number of pyridine rings is 1. The van der Waals surface area contributed by atoms with E-state index in [2.05, 4.69) is 10.3 Å². The Labute approximate surface area is 200 Å². The summed E-state index contributed by atoms with van der Waals surface area (Å²) in [5, 5.41) is 12.5. The number of amides is 1. The lowest BCUT2D eigenvalue weighted by Crippen LogP contribution is -2.35. The molecule has 2 fully saturated rings. The first kappa shape index (κ1) is 23.0. The number of sulfone groups is 1. The third-order valence-corrected chi connectivity index (χ3v) is 9.54. The molecule has 0 spiro atoms. The standard InChI is InChI=1S/C23H25N3O6S2/c27-15-1-4-18-20(12-15)33-23(24-18)25-22(29)19(11-14-6-9-32-10-7-14)26-8-5-17(13-21(26)28)34(30,31)16-2-3-16/h1,4-5,8,12-14,16,19,27H,2-3,6-7,9-11H2,(H,24,25,29). The summed E-state index contributed by atoms with van der Waals surface area (Å²) in [6.45, 7) is 1.21. The Hall–Kier alpha value is -2.76. The Morgan fingerprint density at radius 3 is 2.68 bits per heavy atom. The predicted molar refractivity (Wildman–Crippen MR) is 128 cm³/mol. The quantitative estimate of drug-likeness (QED) is 0.507. The average Bonchev–Trinajstić information content (AvgIpc) is 3.60. The average molecular weight is 504 g/mol. The van der Waals surface area contributed by atoms with E-state index in [1.165, 1.54) is 34.2 Å². The summed E-state index contributed by atoms with van der Waals surface area (Å²) in [6, 6.07) is 6.48. The van der Waals surface area contributed by atoms with Crippen molar-refractivity contribution in [1.82, 2.24) is 9.55 Å². The molecule has 1 saturated heterocycles. The fourth-order valence-electron chi connectivity index (χ4n) is 4.28. The van der Waals surface area contributed by atoms with Gasteiger partial charge in [0.2, 0.25) is 5.91 Å². The number of benzene rings is 1. The van der Waals surface area contributed by atoms with Crippen molar-refractivity contribution in [3.05, 3.63) is 46.9 Å². The summed E-state index contributed by atoms with van der Waals surface area (Å²) in [5.74, 6) is -0.0903. The topological polar surface area (TPSA) is 128 Å². The highest BCUT2D eigenvalue weighted by molar-refractivity contribution is 7.92. The number of hydrogen-bond acceptors (Lipinski definition) is 8. The van der Waals surface area contributed by atoms with Gasteiger partial charge in [0.15, 0.2) is 15.0 Å². The summed E-state index contributed by atoms with van der Waals surface area (Å²) >= 11 is 1.23. The van der Waals surface area contributed by atoms with Crippen molar-refractivity contribution in [2.75, 3.05) is 18.5 Å². The van der Waals surface area contributed by atoms with Crippen LogP contribution in [0, 0.1) is 5.92 Å². The first-order valence-corrected chi connectivity index (χ1v) is 13.6. The molecule has 1 amide bonds. The molecule has 1 aliphatic heterocycles. The van der Waals surface area contributed by atoms with Gasteiger partial charge in [0, 0.05) is 25.5 Å². The second-order valence-electron chi connectivity index (χ2n) is 8.82. The van der Waals surface area contributed by atoms with Gasteiger partial charge in [-0.2, -0.15) is 0 Å². The third kappa shape index (κ3) is 4.73. The number of thiazole rings is 1. The molecule has 11 heteroatoms. The van der Waals surface area contributed by atoms with Crippen LogP contribution >= 0.6 is 11.3 Å². The molecule has 0 radical (unpaired) electrons. The van der Waals surface area contributed by atoms with Gasteiger partial charge in [-0.3, -0.25) is 9.59 Å². The second-order valence-corrected chi connectivity index (χ2v) is 12.1. The zero-order chi connectivity index (χ0) is 23.9. The molecule has 2 aliphatic rings. The predicted octanol–water partition coefficient (Wildman–Crippen LogP) is 3.10. The normalized spacial score (nSPS) is 18.1. The number of aromatic hydroxyl groups is 1. The molecule has 1 aliphatic carbocycles. The monoisotopic (exact) mass is 503 g/mol. The summed E-state index contributed by atoms with van der Waals surface area (Å²) < 4.78 is 32.6. The number of nitrogens with zero attached hydrogens (tertiary/aromatic N) is 2. The first-order chi connectivity index (χ1) is 16.3. The zero-order valence-electron chi connectivity index (χ0n) is 18.3. The second kappa shape index (κ2) is 9.12. The van der Waals surface area contributed by atoms with Crippen LogP contribution in [0.15, 0.2) is 46.2 Å². The van der Waals surface area contributed by atoms with Crippen molar-refractivity contribution in [2.45, 2.75) is 48.3 Å². The number of phenols is 1. The SMILES string of the molecule is O=C(Nc1nc2ccc(O)cc2s1)C(CC1CCOCC1)n1ccc(S(=O)(=O)C2CC2)cc1=O. The summed E-state index contributed by atoms with van der Waals surface area (Å²) in [5.41, 5.74) is 0.119. The van der Waals surface area contributed by atoms with Crippen molar-refractivity contribution < 1.29 is 23.1 Å². The van der Waals surface area contributed by atoms with E-state index in [0.717, 1.165) is 23.6 Å². The lowest BCUT2D eigenvalue weighted by atomic mass is 9.92. The van der Waals surface area contributed by atoms with E-state index in [4.69, 9.17) is 4.74 Å². The summed E-state index contributed by atoms with van der Waals surface area (Å²) in [6.07, 6.45) is 4.63. The molecule has 9 nitrogen and oxygen atoms in total. The lowest BCUT2D eigenvalue weighted by molar-refractivity contribution is -0.120. The third-order valence-electron chi connectivity index (χ3n) is 6.35. The van der Waals surface area contributed by atoms with E-state index in [-0.39, 0.29) is 16.6 Å². The molecule has 1 atom stereocenters. The van der Waals surface area contributed by atoms with Crippen LogP contribution in [0.25, 0.3) is 10.2 Å². The van der Waals surface area contributed by atoms with Crippen molar-refractivity contribution in [3.8, 4) is 5.75 Å². The van der Waals surface area contributed by atoms with Crippen LogP contribution in [0.3, 0.4) is 0 Å². The minimum Gasteiger partial charge on any atom is -0.508 e. The van der Waals surface area contributed by atoms with Crippen molar-refractivity contribution in [2.24, 2.45) is 5.92 Å². The van der Waals surface area contributed by atoms with Crippen molar-refractivity contribution in [1.29, 1.82) is 0 Å². The van der Waals surface area contributed by atoms with Gasteiger partial charge in [0.25, 0.3) is 5.56 Å². The maximum Gasteiger partial charge on any atom is 0.252 e. The van der Waals surface area contributed by atoms with Crippen LogP contribution in [-0.2, 0) is 19.4 Å². The van der Waals surface area contributed by atoms with E-state index in [1.54, 1.807) is 12.1 Å². The van der Waals surface area contributed by atoms with E-state index in [1.807, 2.05) is 0 Å². The first-order valence-electron chi connectivity index (χ1n) is 11.3. The fourth-order valence-corrected chi connectivity index (χ4v) is 6.84. The van der Waals surface area contributed by atoms with Crippen LogP contribution in [0.5, 0.6) is 5.75 Å². The number of aromatic nitrogens is 2. The largest absolute Gasteiger partial charge is 0.508 e. The zero-order valence-corrected chi connectivity index (χ0v) is 20.0. The van der Waals surface area contributed by atoms with E-state index in [0.29, 0.717) is 43.1 Å². The minimum absolute atomic E-state index is 0.00690. The number of carbonyl (C=O) groups excluding carboxylic acids is 1. The summed E-state index contributed by atoms with van der Waals surface area (Å²) in [7, 11) is -3.50. The maximum absolute atomic E-state index is 13.4. The van der Waals surface area contributed by atoms with Crippen molar-refractivity contribution >= 4 is 42.4 Å². The van der Waals surface area contributed by atoms with E-state index < -0.39 is 32.6 Å². The van der Waals surface area contributed by atoms with Crippen LogP contribution in [-0.4, -0.2) is 47.4 Å². The highest BCUT2D eigenvalue weighted by Gasteiger charge is 2.37. The molecular formula is C23H25N3O6S2. The number of fused-ring (bicyclic) bond motifs is 1. The Morgan fingerprint density at radius 1 is 1.21 bits per heavy atom. The minimum atomic E-state index is -3.50. The lowest BCUT2D eigenvalue weighted by Gasteiger charge is -2.27. The number of phenolic OH excluding ortho intramolecular Hbond substituents is 1. The molecule has 180 valence electrons. The molecule has 2 aromatic heterocycles. The van der Waals surface area contributed by atoms with Gasteiger partial charge in [-0.1, -0.05) is 11.3 Å². The van der Waals surface area contributed by atoms with Gasteiger partial charge in [0.1, 0.15) is 11.8 Å². The van der Waals surface area contributed by atoms with Crippen LogP contribution in [0.4, 0.5) is 5.13 Å². The number of anilines is 1. The molecule has 1 unspecified atom stereocenters. The van der Waals surface area contributed by atoms with Gasteiger partial charge in [-0.25, -0.2) is 13.4 Å². The number of nitrogens with one attached hydrogen (secondary N) is 1. The number of rotatable bonds is 7. The Bertz CT molecular complexity index is 1390. The molecule has 3 heterocycles. The Kier molecular flexibility index (Phi) is 6.17. The molecule has 5 rings (SSSR count). The molecule has 2 N–H and O–H groups in total. The number of hydrogen-bond donors (Lipinski definition) is 2. The molecule has 1 aromatic carbocycles. The van der Waals surface area contributed by atoms with Gasteiger partial charge in [0.05, 0.1) is 20.4 Å². The fraction of sp³-hybridized carbons (Fsp3) is 0.435. The van der Waals surface area contributed by atoms with E-state index in [9.17, 15) is 23.1 Å². The highest BCUT2D eigenvalue weighted by atomic mass is 32.2. The Balaban J connectivity index is 1.44. The van der Waals surface area contributed by atoms with Gasteiger partial charge >= 0.3 is 0 Å². The van der Waals surface area contributed by atoms with Gasteiger partial charge in [-0.15, -0.1) is 0 Å². The number of carbonyl (C=O) groups is 1.